The lowest BCUT2D eigenvalue weighted by Crippen LogP contribution is -2.37. The third kappa shape index (κ3) is 10.4. The summed E-state index contributed by atoms with van der Waals surface area (Å²) in [5.74, 6) is -1.13. The first-order valence-corrected chi connectivity index (χ1v) is 13.3. The highest BCUT2D eigenvalue weighted by molar-refractivity contribution is 7.07. The summed E-state index contributed by atoms with van der Waals surface area (Å²) in [4.78, 5) is 28.7. The number of esters is 1. The molecule has 1 aromatic heterocycles. The minimum absolute atomic E-state index is 0.0367. The van der Waals surface area contributed by atoms with Crippen molar-refractivity contribution in [2.24, 2.45) is 4.99 Å². The standard InChI is InChI=1S/C26H28ClF3N4O4S/c1-2-37-24(36)16-32-23(35)15-31-12-3-13-34-22(19-6-10-21(11-7-19)38-26(28,29)30)17-39-25(34)33-14-18-4-8-20(27)9-5-18/h4-11,17,31H,2-3,12-16H2,1H3,(H,32,35)/b33-25-. The van der Waals surface area contributed by atoms with Gasteiger partial charge in [-0.05, 0) is 67.4 Å². The average molecular weight is 585 g/mol. The normalized spacial score (nSPS) is 11.9. The SMILES string of the molecule is CCOC(=O)CNC(=O)CNCCCn1c(-c2ccc(OC(F)(F)F)cc2)cs/c1=N\Cc1ccc(Cl)cc1. The molecule has 1 heterocycles. The monoisotopic (exact) mass is 584 g/mol. The summed E-state index contributed by atoms with van der Waals surface area (Å²) in [7, 11) is 0. The molecule has 0 aliphatic rings. The van der Waals surface area contributed by atoms with Crippen LogP contribution in [0.25, 0.3) is 11.3 Å². The van der Waals surface area contributed by atoms with E-state index in [4.69, 9.17) is 21.3 Å². The molecule has 0 radical (unpaired) electrons. The summed E-state index contributed by atoms with van der Waals surface area (Å²) in [5, 5.41) is 8.05. The second kappa shape index (κ2) is 14.7. The van der Waals surface area contributed by atoms with E-state index in [2.05, 4.69) is 15.4 Å². The lowest BCUT2D eigenvalue weighted by atomic mass is 10.1. The molecule has 3 rings (SSSR count). The first-order valence-electron chi connectivity index (χ1n) is 12.1. The number of alkyl halides is 3. The number of halogens is 4. The highest BCUT2D eigenvalue weighted by atomic mass is 35.5. The molecular weight excluding hydrogens is 557 g/mol. The van der Waals surface area contributed by atoms with E-state index in [1.807, 2.05) is 22.1 Å². The van der Waals surface area contributed by atoms with Crippen molar-refractivity contribution < 1.29 is 32.2 Å². The Balaban J connectivity index is 1.68. The Hall–Kier alpha value is -3.35. The number of amides is 1. The van der Waals surface area contributed by atoms with E-state index in [0.717, 1.165) is 16.1 Å². The third-order valence-electron chi connectivity index (χ3n) is 5.25. The number of aromatic nitrogens is 1. The molecule has 0 aliphatic heterocycles. The smallest absolute Gasteiger partial charge is 0.465 e. The predicted molar refractivity (Wildman–Crippen MR) is 142 cm³/mol. The van der Waals surface area contributed by atoms with Gasteiger partial charge in [0.25, 0.3) is 0 Å². The summed E-state index contributed by atoms with van der Waals surface area (Å²) in [6, 6.07) is 13.0. The van der Waals surface area contributed by atoms with Gasteiger partial charge in [0, 0.05) is 16.9 Å². The lowest BCUT2D eigenvalue weighted by molar-refractivity contribution is -0.274. The number of hydrogen-bond donors (Lipinski definition) is 2. The number of thiazole rings is 1. The Kier molecular flexibility index (Phi) is 11.4. The van der Waals surface area contributed by atoms with Gasteiger partial charge in [0.1, 0.15) is 12.3 Å². The van der Waals surface area contributed by atoms with Crippen LogP contribution in [0.3, 0.4) is 0 Å². The zero-order chi connectivity index (χ0) is 28.3. The van der Waals surface area contributed by atoms with Gasteiger partial charge in [-0.3, -0.25) is 14.6 Å². The summed E-state index contributed by atoms with van der Waals surface area (Å²) in [5.41, 5.74) is 2.48. The highest BCUT2D eigenvalue weighted by Crippen LogP contribution is 2.27. The van der Waals surface area contributed by atoms with Crippen LogP contribution in [0.4, 0.5) is 13.2 Å². The van der Waals surface area contributed by atoms with Crippen LogP contribution in [-0.2, 0) is 27.4 Å². The van der Waals surface area contributed by atoms with Crippen molar-refractivity contribution in [1.29, 1.82) is 0 Å². The number of benzene rings is 2. The zero-order valence-corrected chi connectivity index (χ0v) is 22.7. The number of nitrogens with zero attached hydrogens (tertiary/aromatic N) is 2. The maximum absolute atomic E-state index is 12.5. The molecule has 0 aliphatic carbocycles. The van der Waals surface area contributed by atoms with E-state index in [0.29, 0.717) is 36.6 Å². The molecule has 0 atom stereocenters. The van der Waals surface area contributed by atoms with Crippen molar-refractivity contribution in [3.63, 3.8) is 0 Å². The number of hydrogen-bond acceptors (Lipinski definition) is 7. The third-order valence-corrected chi connectivity index (χ3v) is 6.40. The van der Waals surface area contributed by atoms with Crippen molar-refractivity contribution in [2.75, 3.05) is 26.2 Å². The lowest BCUT2D eigenvalue weighted by Gasteiger charge is -2.12. The predicted octanol–water partition coefficient (Wildman–Crippen LogP) is 4.53. The second-order valence-electron chi connectivity index (χ2n) is 8.18. The molecule has 2 aromatic carbocycles. The van der Waals surface area contributed by atoms with Gasteiger partial charge in [0.2, 0.25) is 5.91 Å². The first kappa shape index (κ1) is 30.2. The number of rotatable bonds is 13. The van der Waals surface area contributed by atoms with Crippen molar-refractivity contribution in [2.45, 2.75) is 32.8 Å². The quantitative estimate of drug-likeness (QED) is 0.227. The van der Waals surface area contributed by atoms with Crippen LogP contribution in [0.15, 0.2) is 58.9 Å². The molecule has 2 N–H and O–H groups in total. The van der Waals surface area contributed by atoms with Crippen LogP contribution >= 0.6 is 22.9 Å². The minimum Gasteiger partial charge on any atom is -0.465 e. The molecule has 39 heavy (non-hydrogen) atoms. The average Bonchev–Trinajstić information content (AvgIpc) is 3.29. The first-order chi connectivity index (χ1) is 18.6. The number of nitrogens with one attached hydrogen (secondary N) is 2. The molecule has 1 amide bonds. The molecule has 0 spiro atoms. The van der Waals surface area contributed by atoms with Gasteiger partial charge >= 0.3 is 12.3 Å². The van der Waals surface area contributed by atoms with Gasteiger partial charge in [-0.1, -0.05) is 23.7 Å². The van der Waals surface area contributed by atoms with Gasteiger partial charge in [-0.2, -0.15) is 0 Å². The van der Waals surface area contributed by atoms with Gasteiger partial charge < -0.3 is 24.7 Å². The second-order valence-corrected chi connectivity index (χ2v) is 9.46. The Morgan fingerprint density at radius 1 is 1.08 bits per heavy atom. The fourth-order valence-electron chi connectivity index (χ4n) is 3.49. The summed E-state index contributed by atoms with van der Waals surface area (Å²) in [6.45, 7) is 3.25. The number of carbonyl (C=O) groups excluding carboxylic acids is 2. The molecule has 0 bridgehead atoms. The maximum Gasteiger partial charge on any atom is 0.573 e. The Morgan fingerprint density at radius 2 is 1.79 bits per heavy atom. The zero-order valence-electron chi connectivity index (χ0n) is 21.1. The maximum atomic E-state index is 12.5. The molecule has 8 nitrogen and oxygen atoms in total. The fourth-order valence-corrected chi connectivity index (χ4v) is 4.55. The van der Waals surface area contributed by atoms with E-state index < -0.39 is 12.3 Å². The summed E-state index contributed by atoms with van der Waals surface area (Å²) in [6.07, 6.45) is -4.13. The number of ether oxygens (including phenoxy) is 2. The van der Waals surface area contributed by atoms with Crippen LogP contribution in [0.1, 0.15) is 18.9 Å². The summed E-state index contributed by atoms with van der Waals surface area (Å²) < 4.78 is 48.4. The Morgan fingerprint density at radius 3 is 2.46 bits per heavy atom. The van der Waals surface area contributed by atoms with Crippen LogP contribution in [0.5, 0.6) is 5.75 Å². The van der Waals surface area contributed by atoms with Crippen molar-refractivity contribution in [3.05, 3.63) is 69.3 Å². The molecule has 0 saturated carbocycles. The van der Waals surface area contributed by atoms with E-state index >= 15 is 0 Å². The topological polar surface area (TPSA) is 93.9 Å². The van der Waals surface area contributed by atoms with Crippen LogP contribution in [0, 0.1) is 0 Å². The van der Waals surface area contributed by atoms with Crippen molar-refractivity contribution >= 4 is 34.8 Å². The van der Waals surface area contributed by atoms with Crippen LogP contribution in [0.2, 0.25) is 5.02 Å². The summed E-state index contributed by atoms with van der Waals surface area (Å²) >= 11 is 7.38. The van der Waals surface area contributed by atoms with E-state index in [-0.39, 0.29) is 31.4 Å². The Labute approximate surface area is 232 Å². The van der Waals surface area contributed by atoms with Crippen LogP contribution < -0.4 is 20.2 Å². The molecule has 0 saturated heterocycles. The van der Waals surface area contributed by atoms with Crippen molar-refractivity contribution in [1.82, 2.24) is 15.2 Å². The molecule has 13 heteroatoms. The molecule has 0 fully saturated rings. The Bertz CT molecular complexity index is 1290. The van der Waals surface area contributed by atoms with Gasteiger partial charge in [0.05, 0.1) is 25.4 Å². The molecule has 3 aromatic rings. The van der Waals surface area contributed by atoms with Gasteiger partial charge in [0.15, 0.2) is 4.80 Å². The van der Waals surface area contributed by atoms with Gasteiger partial charge in [-0.25, -0.2) is 0 Å². The molecule has 0 unspecified atom stereocenters. The minimum atomic E-state index is -4.76. The molecule has 210 valence electrons. The largest absolute Gasteiger partial charge is 0.573 e. The van der Waals surface area contributed by atoms with Crippen LogP contribution in [-0.4, -0.2) is 49.0 Å². The van der Waals surface area contributed by atoms with E-state index in [9.17, 15) is 22.8 Å². The van der Waals surface area contributed by atoms with Gasteiger partial charge in [-0.15, -0.1) is 24.5 Å². The number of carbonyl (C=O) groups is 2. The van der Waals surface area contributed by atoms with E-state index in [1.165, 1.54) is 23.5 Å². The highest BCUT2D eigenvalue weighted by Gasteiger charge is 2.31. The fraction of sp³-hybridized carbons (Fsp3) is 0.346. The molecular formula is C26H28ClF3N4O4S. The van der Waals surface area contributed by atoms with E-state index in [1.54, 1.807) is 31.2 Å². The van der Waals surface area contributed by atoms with Crippen molar-refractivity contribution in [3.8, 4) is 17.0 Å².